The van der Waals surface area contributed by atoms with Gasteiger partial charge in [0, 0.05) is 6.07 Å². The molecule has 0 aliphatic carbocycles. The molecule has 0 unspecified atom stereocenters. The Morgan fingerprint density at radius 2 is 1.96 bits per heavy atom. The van der Waals surface area contributed by atoms with Crippen molar-refractivity contribution in [2.75, 3.05) is 6.61 Å². The summed E-state index contributed by atoms with van der Waals surface area (Å²) >= 11 is 3.39. The largest absolute Gasteiger partial charge is 0.493 e. The minimum absolute atomic E-state index is 0.145. The van der Waals surface area contributed by atoms with Crippen LogP contribution in [0, 0.1) is 0 Å². The summed E-state index contributed by atoms with van der Waals surface area (Å²) in [6.45, 7) is 2.66. The molecule has 0 radical (unpaired) electrons. The van der Waals surface area contributed by atoms with E-state index >= 15 is 0 Å². The van der Waals surface area contributed by atoms with Crippen LogP contribution in [0.5, 0.6) is 17.2 Å². The molecule has 0 atom stereocenters. The Morgan fingerprint density at radius 1 is 1.13 bits per heavy atom. The zero-order chi connectivity index (χ0) is 16.2. The van der Waals surface area contributed by atoms with Gasteiger partial charge in [0.15, 0.2) is 0 Å². The normalized spacial score (nSPS) is 10.7. The van der Waals surface area contributed by atoms with Gasteiger partial charge in [0.1, 0.15) is 23.3 Å². The number of rotatable bonds is 5. The fraction of sp³-hybridized carbons (Fsp3) is 0.167. The molecule has 4 nitrogen and oxygen atoms in total. The van der Waals surface area contributed by atoms with E-state index in [2.05, 4.69) is 15.9 Å². The Labute approximate surface area is 141 Å². The van der Waals surface area contributed by atoms with E-state index in [0.717, 1.165) is 10.9 Å². The summed E-state index contributed by atoms with van der Waals surface area (Å²) in [5.41, 5.74) is 0.257. The van der Waals surface area contributed by atoms with Gasteiger partial charge >= 0.3 is 0 Å². The van der Waals surface area contributed by atoms with E-state index in [-0.39, 0.29) is 11.2 Å². The second-order valence-electron chi connectivity index (χ2n) is 4.97. The smallest absolute Gasteiger partial charge is 0.235 e. The van der Waals surface area contributed by atoms with Crippen LogP contribution in [0.25, 0.3) is 11.0 Å². The van der Waals surface area contributed by atoms with Gasteiger partial charge in [-0.3, -0.25) is 4.79 Å². The summed E-state index contributed by atoms with van der Waals surface area (Å²) in [5, 5.41) is 0.457. The maximum atomic E-state index is 12.5. The minimum Gasteiger partial charge on any atom is -0.493 e. The van der Waals surface area contributed by atoms with E-state index in [4.69, 9.17) is 13.9 Å². The number of para-hydroxylation sites is 1. The van der Waals surface area contributed by atoms with Crippen LogP contribution < -0.4 is 14.9 Å². The maximum Gasteiger partial charge on any atom is 0.235 e. The molecule has 0 aliphatic rings. The SMILES string of the molecule is CCCOc1ccc2c(=O)c(Oc3ccccc3Br)coc2c1. The molecule has 5 heteroatoms. The third-order valence-corrected chi connectivity index (χ3v) is 3.90. The quantitative estimate of drug-likeness (QED) is 0.620. The van der Waals surface area contributed by atoms with Crippen LogP contribution in [-0.4, -0.2) is 6.61 Å². The fourth-order valence-electron chi connectivity index (χ4n) is 2.12. The van der Waals surface area contributed by atoms with Crippen LogP contribution in [0.1, 0.15) is 13.3 Å². The molecule has 2 aromatic carbocycles. The van der Waals surface area contributed by atoms with Crippen molar-refractivity contribution in [1.29, 1.82) is 0 Å². The number of ether oxygens (including phenoxy) is 2. The van der Waals surface area contributed by atoms with Gasteiger partial charge in [0.25, 0.3) is 0 Å². The molecule has 0 amide bonds. The zero-order valence-electron chi connectivity index (χ0n) is 12.5. The molecule has 0 aliphatic heterocycles. The van der Waals surface area contributed by atoms with Crippen molar-refractivity contribution in [3.8, 4) is 17.2 Å². The molecule has 118 valence electrons. The van der Waals surface area contributed by atoms with Crippen molar-refractivity contribution in [3.05, 3.63) is 63.4 Å². The van der Waals surface area contributed by atoms with Crippen molar-refractivity contribution in [3.63, 3.8) is 0 Å². The summed E-state index contributed by atoms with van der Waals surface area (Å²) in [6, 6.07) is 12.5. The summed E-state index contributed by atoms with van der Waals surface area (Å²) in [6.07, 6.45) is 2.24. The summed E-state index contributed by atoms with van der Waals surface area (Å²) in [4.78, 5) is 12.5. The first-order valence-corrected chi connectivity index (χ1v) is 8.09. The second-order valence-corrected chi connectivity index (χ2v) is 5.82. The molecule has 1 aromatic heterocycles. The molecule has 0 saturated heterocycles. The van der Waals surface area contributed by atoms with E-state index in [9.17, 15) is 4.79 Å². The van der Waals surface area contributed by atoms with Crippen molar-refractivity contribution in [2.24, 2.45) is 0 Å². The van der Waals surface area contributed by atoms with Crippen LogP contribution in [0.3, 0.4) is 0 Å². The van der Waals surface area contributed by atoms with Gasteiger partial charge in [-0.15, -0.1) is 0 Å². The van der Waals surface area contributed by atoms with Crippen molar-refractivity contribution >= 4 is 26.9 Å². The maximum absolute atomic E-state index is 12.5. The molecule has 3 aromatic rings. The van der Waals surface area contributed by atoms with Gasteiger partial charge in [-0.2, -0.15) is 0 Å². The zero-order valence-corrected chi connectivity index (χ0v) is 14.1. The van der Waals surface area contributed by atoms with Gasteiger partial charge in [-0.1, -0.05) is 19.1 Å². The third kappa shape index (κ3) is 3.40. The Bertz CT molecular complexity index is 886. The van der Waals surface area contributed by atoms with E-state index in [0.29, 0.717) is 29.1 Å². The average molecular weight is 375 g/mol. The van der Waals surface area contributed by atoms with Crippen LogP contribution in [0.15, 0.2) is 62.4 Å². The predicted molar refractivity (Wildman–Crippen MR) is 92.5 cm³/mol. The first kappa shape index (κ1) is 15.6. The Morgan fingerprint density at radius 3 is 2.74 bits per heavy atom. The Hall–Kier alpha value is -2.27. The third-order valence-electron chi connectivity index (χ3n) is 3.24. The molecule has 23 heavy (non-hydrogen) atoms. The molecule has 0 fully saturated rings. The first-order chi connectivity index (χ1) is 11.2. The van der Waals surface area contributed by atoms with Crippen LogP contribution in [0.4, 0.5) is 0 Å². The van der Waals surface area contributed by atoms with Gasteiger partial charge in [0.2, 0.25) is 11.2 Å². The van der Waals surface area contributed by atoms with Gasteiger partial charge in [-0.25, -0.2) is 0 Å². The standard InChI is InChI=1S/C18H15BrO4/c1-2-9-21-12-7-8-13-16(10-12)22-11-17(18(13)20)23-15-6-4-3-5-14(15)19/h3-8,10-11H,2,9H2,1H3. The lowest BCUT2D eigenvalue weighted by Crippen LogP contribution is -2.05. The molecular formula is C18H15BrO4. The minimum atomic E-state index is -0.218. The van der Waals surface area contributed by atoms with E-state index in [1.54, 1.807) is 24.3 Å². The first-order valence-electron chi connectivity index (χ1n) is 7.30. The number of fused-ring (bicyclic) bond motifs is 1. The van der Waals surface area contributed by atoms with E-state index in [1.165, 1.54) is 6.26 Å². The monoisotopic (exact) mass is 374 g/mol. The summed E-state index contributed by atoms with van der Waals surface area (Å²) in [5.74, 6) is 1.38. The summed E-state index contributed by atoms with van der Waals surface area (Å²) < 4.78 is 17.5. The molecule has 0 bridgehead atoms. The van der Waals surface area contributed by atoms with Crippen LogP contribution in [0.2, 0.25) is 0 Å². The molecule has 3 rings (SSSR count). The lowest BCUT2D eigenvalue weighted by atomic mass is 10.2. The lowest BCUT2D eigenvalue weighted by Gasteiger charge is -2.08. The highest BCUT2D eigenvalue weighted by atomic mass is 79.9. The van der Waals surface area contributed by atoms with E-state index in [1.807, 2.05) is 25.1 Å². The number of hydrogen-bond donors (Lipinski definition) is 0. The van der Waals surface area contributed by atoms with Gasteiger partial charge in [0.05, 0.1) is 16.5 Å². The Balaban J connectivity index is 1.96. The highest BCUT2D eigenvalue weighted by molar-refractivity contribution is 9.10. The van der Waals surface area contributed by atoms with Crippen molar-refractivity contribution < 1.29 is 13.9 Å². The molecule has 1 heterocycles. The number of halogens is 1. The molecule has 0 spiro atoms. The van der Waals surface area contributed by atoms with E-state index < -0.39 is 0 Å². The highest BCUT2D eigenvalue weighted by Crippen LogP contribution is 2.29. The highest BCUT2D eigenvalue weighted by Gasteiger charge is 2.11. The van der Waals surface area contributed by atoms with Gasteiger partial charge < -0.3 is 13.9 Å². The van der Waals surface area contributed by atoms with Crippen molar-refractivity contribution in [1.82, 2.24) is 0 Å². The molecule has 0 saturated carbocycles. The molecule has 0 N–H and O–H groups in total. The average Bonchev–Trinajstić information content (AvgIpc) is 2.57. The topological polar surface area (TPSA) is 48.7 Å². The van der Waals surface area contributed by atoms with Crippen LogP contribution in [-0.2, 0) is 0 Å². The number of hydrogen-bond acceptors (Lipinski definition) is 4. The second kappa shape index (κ2) is 6.87. The fourth-order valence-corrected chi connectivity index (χ4v) is 2.48. The predicted octanol–water partition coefficient (Wildman–Crippen LogP) is 5.14. The number of benzene rings is 2. The summed E-state index contributed by atoms with van der Waals surface area (Å²) in [7, 11) is 0. The van der Waals surface area contributed by atoms with Gasteiger partial charge in [-0.05, 0) is 46.6 Å². The lowest BCUT2D eigenvalue weighted by molar-refractivity contribution is 0.317. The van der Waals surface area contributed by atoms with Crippen LogP contribution >= 0.6 is 15.9 Å². The van der Waals surface area contributed by atoms with Crippen molar-refractivity contribution in [2.45, 2.75) is 13.3 Å². The molecular weight excluding hydrogens is 360 g/mol. The Kier molecular flexibility index (Phi) is 4.67.